The molecule has 0 radical (unpaired) electrons. The van der Waals surface area contributed by atoms with E-state index in [4.69, 9.17) is 0 Å². The second kappa shape index (κ2) is 9.07. The number of ketones is 1. The van der Waals surface area contributed by atoms with Crippen LogP contribution in [-0.4, -0.2) is 10.4 Å². The van der Waals surface area contributed by atoms with Gasteiger partial charge in [-0.05, 0) is 36.3 Å². The Labute approximate surface area is 130 Å². The number of carbonyl (C=O) groups is 1. The number of hydrogen-bond acceptors (Lipinski definition) is 1. The van der Waals surface area contributed by atoms with E-state index in [-0.39, 0.29) is 5.78 Å². The fraction of sp³-hybridized carbons (Fsp3) is 0.737. The fourth-order valence-corrected chi connectivity index (χ4v) is 2.97. The van der Waals surface area contributed by atoms with Crippen LogP contribution in [0, 0.1) is 11.8 Å². The summed E-state index contributed by atoms with van der Waals surface area (Å²) in [6.45, 7) is 11.6. The van der Waals surface area contributed by atoms with Crippen molar-refractivity contribution in [1.29, 1.82) is 0 Å². The van der Waals surface area contributed by atoms with Crippen LogP contribution in [0.15, 0.2) is 12.3 Å². The molecule has 0 aliphatic carbocycles. The van der Waals surface area contributed by atoms with Gasteiger partial charge < -0.3 is 4.57 Å². The Hall–Kier alpha value is -1.05. The highest BCUT2D eigenvalue weighted by molar-refractivity contribution is 5.92. The molecule has 1 rings (SSSR count). The molecule has 0 saturated heterocycles. The van der Waals surface area contributed by atoms with Crippen LogP contribution in [-0.2, 0) is 13.0 Å². The zero-order valence-electron chi connectivity index (χ0n) is 14.6. The largest absolute Gasteiger partial charge is 0.345 e. The van der Waals surface area contributed by atoms with E-state index in [1.807, 2.05) is 0 Å². The summed E-state index contributed by atoms with van der Waals surface area (Å²) in [4.78, 5) is 11.8. The Morgan fingerprint density at radius 3 is 2.48 bits per heavy atom. The lowest BCUT2D eigenvalue weighted by Gasteiger charge is -2.13. The highest BCUT2D eigenvalue weighted by atomic mass is 16.1. The molecule has 0 fully saturated rings. The standard InChI is InChI=1S/C19H33NO/c1-6-8-9-17(7-2)10-11-18-12-19(16(5)21)20(14-18)13-15(3)4/h12,14-15,17H,6-11,13H2,1-5H3. The van der Waals surface area contributed by atoms with Gasteiger partial charge in [-0.3, -0.25) is 4.79 Å². The maximum atomic E-state index is 11.8. The molecule has 2 nitrogen and oxygen atoms in total. The van der Waals surface area contributed by atoms with Gasteiger partial charge in [0.2, 0.25) is 0 Å². The zero-order valence-corrected chi connectivity index (χ0v) is 14.6. The monoisotopic (exact) mass is 291 g/mol. The Morgan fingerprint density at radius 1 is 1.24 bits per heavy atom. The minimum Gasteiger partial charge on any atom is -0.345 e. The molecule has 0 saturated carbocycles. The quantitative estimate of drug-likeness (QED) is 0.522. The number of Topliss-reactive ketones (excluding diaryl/α,β-unsaturated/α-hetero) is 1. The Bertz CT molecular complexity index is 431. The van der Waals surface area contributed by atoms with Crippen molar-refractivity contribution in [2.24, 2.45) is 11.8 Å². The van der Waals surface area contributed by atoms with Crippen molar-refractivity contribution in [1.82, 2.24) is 4.57 Å². The second-order valence-corrected chi connectivity index (χ2v) is 6.79. The topological polar surface area (TPSA) is 22.0 Å². The first-order valence-electron chi connectivity index (χ1n) is 8.67. The van der Waals surface area contributed by atoms with E-state index in [9.17, 15) is 4.79 Å². The summed E-state index contributed by atoms with van der Waals surface area (Å²) < 4.78 is 2.15. The number of aromatic nitrogens is 1. The molecule has 0 N–H and O–H groups in total. The first-order chi connectivity index (χ1) is 9.97. The van der Waals surface area contributed by atoms with Gasteiger partial charge in [0.1, 0.15) is 0 Å². The molecule has 0 aromatic carbocycles. The molecular formula is C19H33NO. The van der Waals surface area contributed by atoms with Crippen LogP contribution in [0.4, 0.5) is 0 Å². The minimum atomic E-state index is 0.180. The van der Waals surface area contributed by atoms with E-state index in [1.165, 1.54) is 37.7 Å². The average Bonchev–Trinajstić information content (AvgIpc) is 2.81. The van der Waals surface area contributed by atoms with Crippen LogP contribution in [0.3, 0.4) is 0 Å². The fourth-order valence-electron chi connectivity index (χ4n) is 2.97. The van der Waals surface area contributed by atoms with E-state index in [0.717, 1.165) is 24.6 Å². The SMILES string of the molecule is CCCCC(CC)CCc1cc(C(C)=O)n(CC(C)C)c1. The van der Waals surface area contributed by atoms with Crippen molar-refractivity contribution in [2.45, 2.75) is 79.7 Å². The third-order valence-electron chi connectivity index (χ3n) is 4.26. The van der Waals surface area contributed by atoms with Gasteiger partial charge in [-0.15, -0.1) is 0 Å². The molecule has 120 valence electrons. The lowest BCUT2D eigenvalue weighted by molar-refractivity contribution is 0.100. The summed E-state index contributed by atoms with van der Waals surface area (Å²) in [5.41, 5.74) is 2.20. The van der Waals surface area contributed by atoms with Crippen molar-refractivity contribution >= 4 is 5.78 Å². The van der Waals surface area contributed by atoms with E-state index in [1.54, 1.807) is 6.92 Å². The van der Waals surface area contributed by atoms with Gasteiger partial charge in [-0.2, -0.15) is 0 Å². The summed E-state index contributed by atoms with van der Waals surface area (Å²) in [6, 6.07) is 2.11. The van der Waals surface area contributed by atoms with Gasteiger partial charge in [0.05, 0.1) is 5.69 Å². The van der Waals surface area contributed by atoms with Crippen LogP contribution in [0.2, 0.25) is 0 Å². The first kappa shape index (κ1) is 18.0. The van der Waals surface area contributed by atoms with E-state index < -0.39 is 0 Å². The maximum Gasteiger partial charge on any atom is 0.176 e. The number of carbonyl (C=O) groups excluding carboxylic acids is 1. The molecule has 0 spiro atoms. The molecule has 1 aromatic heterocycles. The van der Waals surface area contributed by atoms with Gasteiger partial charge in [-0.1, -0.05) is 53.4 Å². The predicted molar refractivity (Wildman–Crippen MR) is 90.9 cm³/mol. The molecule has 1 atom stereocenters. The van der Waals surface area contributed by atoms with Gasteiger partial charge in [0, 0.05) is 19.7 Å². The van der Waals surface area contributed by atoms with Crippen molar-refractivity contribution in [3.8, 4) is 0 Å². The summed E-state index contributed by atoms with van der Waals surface area (Å²) in [5, 5.41) is 0. The summed E-state index contributed by atoms with van der Waals surface area (Å²) in [7, 11) is 0. The molecule has 0 aliphatic rings. The van der Waals surface area contributed by atoms with Gasteiger partial charge in [0.15, 0.2) is 5.78 Å². The normalized spacial score (nSPS) is 12.9. The molecule has 2 heteroatoms. The van der Waals surface area contributed by atoms with Gasteiger partial charge >= 0.3 is 0 Å². The molecule has 1 aromatic rings. The molecule has 1 heterocycles. The van der Waals surface area contributed by atoms with Gasteiger partial charge in [0.25, 0.3) is 0 Å². The lowest BCUT2D eigenvalue weighted by atomic mass is 9.93. The molecule has 21 heavy (non-hydrogen) atoms. The van der Waals surface area contributed by atoms with Crippen LogP contribution in [0.1, 0.15) is 82.8 Å². The average molecular weight is 291 g/mol. The number of nitrogens with zero attached hydrogens (tertiary/aromatic N) is 1. The van der Waals surface area contributed by atoms with Crippen molar-refractivity contribution < 1.29 is 4.79 Å². The summed E-state index contributed by atoms with van der Waals surface area (Å²) in [6.07, 6.45) is 9.79. The number of unbranched alkanes of at least 4 members (excludes halogenated alkanes) is 1. The molecule has 0 amide bonds. The third-order valence-corrected chi connectivity index (χ3v) is 4.26. The highest BCUT2D eigenvalue weighted by Crippen LogP contribution is 2.21. The Balaban J connectivity index is 2.68. The maximum absolute atomic E-state index is 11.8. The first-order valence-corrected chi connectivity index (χ1v) is 8.67. The minimum absolute atomic E-state index is 0.180. The van der Waals surface area contributed by atoms with E-state index in [2.05, 4.69) is 44.5 Å². The third kappa shape index (κ3) is 6.07. The van der Waals surface area contributed by atoms with Crippen molar-refractivity contribution in [2.75, 3.05) is 0 Å². The van der Waals surface area contributed by atoms with Crippen LogP contribution in [0.25, 0.3) is 0 Å². The smallest absolute Gasteiger partial charge is 0.176 e. The molecule has 0 bridgehead atoms. The van der Waals surface area contributed by atoms with Gasteiger partial charge in [-0.25, -0.2) is 0 Å². The summed E-state index contributed by atoms with van der Waals surface area (Å²) >= 11 is 0. The Morgan fingerprint density at radius 2 is 1.95 bits per heavy atom. The lowest BCUT2D eigenvalue weighted by Crippen LogP contribution is -2.09. The molecule has 1 unspecified atom stereocenters. The van der Waals surface area contributed by atoms with Crippen LogP contribution in [0.5, 0.6) is 0 Å². The zero-order chi connectivity index (χ0) is 15.8. The molecule has 0 aliphatic heterocycles. The number of aryl methyl sites for hydroxylation is 1. The predicted octanol–water partition coefficient (Wildman–Crippen LogP) is 5.50. The highest BCUT2D eigenvalue weighted by Gasteiger charge is 2.12. The number of rotatable bonds is 10. The number of hydrogen-bond donors (Lipinski definition) is 0. The van der Waals surface area contributed by atoms with Crippen LogP contribution >= 0.6 is 0 Å². The summed E-state index contributed by atoms with van der Waals surface area (Å²) in [5.74, 6) is 1.58. The van der Waals surface area contributed by atoms with E-state index >= 15 is 0 Å². The van der Waals surface area contributed by atoms with Crippen LogP contribution < -0.4 is 0 Å². The van der Waals surface area contributed by atoms with E-state index in [0.29, 0.717) is 5.92 Å². The van der Waals surface area contributed by atoms with Crippen molar-refractivity contribution in [3.63, 3.8) is 0 Å². The van der Waals surface area contributed by atoms with Crippen molar-refractivity contribution in [3.05, 3.63) is 23.5 Å². The Kier molecular flexibility index (Phi) is 7.77. The second-order valence-electron chi connectivity index (χ2n) is 6.79. The molecular weight excluding hydrogens is 258 g/mol.